The van der Waals surface area contributed by atoms with Crippen molar-refractivity contribution < 1.29 is 8.42 Å². The minimum atomic E-state index is -2.90. The van der Waals surface area contributed by atoms with Crippen LogP contribution in [0.25, 0.3) is 10.9 Å². The van der Waals surface area contributed by atoms with Crippen LogP contribution in [-0.2, 0) is 16.3 Å². The van der Waals surface area contributed by atoms with Crippen LogP contribution in [0.5, 0.6) is 0 Å². The van der Waals surface area contributed by atoms with Crippen LogP contribution in [-0.4, -0.2) is 50.5 Å². The number of fused-ring (bicyclic) bond motifs is 1. The maximum Gasteiger partial charge on any atom is 0.191 e. The summed E-state index contributed by atoms with van der Waals surface area (Å²) in [6.45, 7) is 0.693. The second kappa shape index (κ2) is 7.03. The molecule has 24 heavy (non-hydrogen) atoms. The van der Waals surface area contributed by atoms with Gasteiger partial charge in [0.05, 0.1) is 11.5 Å². The highest BCUT2D eigenvalue weighted by atomic mass is 35.5. The number of aliphatic imine (C=N–C) groups is 1. The van der Waals surface area contributed by atoms with Crippen molar-refractivity contribution in [3.8, 4) is 0 Å². The number of benzene rings is 1. The van der Waals surface area contributed by atoms with Gasteiger partial charge in [-0.3, -0.25) is 4.99 Å². The van der Waals surface area contributed by atoms with Crippen LogP contribution in [0.3, 0.4) is 0 Å². The highest BCUT2D eigenvalue weighted by molar-refractivity contribution is 7.91. The maximum atomic E-state index is 11.5. The molecule has 1 atom stereocenters. The van der Waals surface area contributed by atoms with Crippen molar-refractivity contribution in [3.05, 3.63) is 35.0 Å². The number of hydrogen-bond donors (Lipinski definition) is 3. The van der Waals surface area contributed by atoms with Crippen LogP contribution in [0, 0.1) is 0 Å². The Morgan fingerprint density at radius 1 is 1.46 bits per heavy atom. The van der Waals surface area contributed by atoms with Crippen LogP contribution in [0.1, 0.15) is 12.0 Å². The molecular weight excluding hydrogens is 348 g/mol. The molecule has 1 unspecified atom stereocenters. The van der Waals surface area contributed by atoms with Crippen molar-refractivity contribution in [2.45, 2.75) is 18.9 Å². The van der Waals surface area contributed by atoms with Gasteiger partial charge in [0.2, 0.25) is 0 Å². The normalized spacial score (nSPS) is 20.4. The van der Waals surface area contributed by atoms with Gasteiger partial charge in [-0.05, 0) is 36.6 Å². The molecule has 1 aromatic heterocycles. The minimum Gasteiger partial charge on any atom is -0.361 e. The van der Waals surface area contributed by atoms with E-state index in [9.17, 15) is 8.42 Å². The topological polar surface area (TPSA) is 86.3 Å². The molecule has 3 N–H and O–H groups in total. The molecule has 2 heterocycles. The lowest BCUT2D eigenvalue weighted by Crippen LogP contribution is -2.44. The smallest absolute Gasteiger partial charge is 0.191 e. The van der Waals surface area contributed by atoms with Gasteiger partial charge in [0.1, 0.15) is 0 Å². The molecule has 1 saturated heterocycles. The molecule has 0 amide bonds. The van der Waals surface area contributed by atoms with E-state index in [1.165, 1.54) is 5.56 Å². The number of nitrogens with one attached hydrogen (secondary N) is 3. The number of rotatable bonds is 4. The van der Waals surface area contributed by atoms with E-state index in [1.807, 2.05) is 24.4 Å². The second-order valence-corrected chi connectivity index (χ2v) is 8.66. The molecule has 0 saturated carbocycles. The van der Waals surface area contributed by atoms with Crippen molar-refractivity contribution in [1.29, 1.82) is 0 Å². The van der Waals surface area contributed by atoms with Crippen molar-refractivity contribution in [2.24, 2.45) is 4.99 Å². The third kappa shape index (κ3) is 4.02. The zero-order valence-electron chi connectivity index (χ0n) is 13.5. The fourth-order valence-corrected chi connectivity index (χ4v) is 4.82. The van der Waals surface area contributed by atoms with E-state index in [1.54, 1.807) is 7.05 Å². The van der Waals surface area contributed by atoms with Crippen LogP contribution >= 0.6 is 11.6 Å². The first-order valence-electron chi connectivity index (χ1n) is 7.90. The van der Waals surface area contributed by atoms with Crippen LogP contribution < -0.4 is 10.6 Å². The van der Waals surface area contributed by atoms with Crippen LogP contribution in [0.4, 0.5) is 0 Å². The Balaban J connectivity index is 1.55. The highest BCUT2D eigenvalue weighted by Gasteiger charge is 2.28. The molecule has 6 nitrogen and oxygen atoms in total. The third-order valence-corrected chi connectivity index (χ3v) is 6.22. The molecule has 3 rings (SSSR count). The lowest BCUT2D eigenvalue weighted by atomic mass is 10.1. The number of nitrogens with zero attached hydrogens (tertiary/aromatic N) is 1. The molecule has 0 aliphatic carbocycles. The number of guanidine groups is 1. The van der Waals surface area contributed by atoms with Gasteiger partial charge in [0.15, 0.2) is 15.8 Å². The monoisotopic (exact) mass is 368 g/mol. The summed E-state index contributed by atoms with van der Waals surface area (Å²) in [5.74, 6) is 1.06. The summed E-state index contributed by atoms with van der Waals surface area (Å²) in [5.41, 5.74) is 2.24. The first-order chi connectivity index (χ1) is 11.5. The van der Waals surface area contributed by atoms with E-state index in [0.29, 0.717) is 18.9 Å². The van der Waals surface area contributed by atoms with Crippen molar-refractivity contribution in [2.75, 3.05) is 25.1 Å². The van der Waals surface area contributed by atoms with E-state index < -0.39 is 9.84 Å². The van der Waals surface area contributed by atoms with Gasteiger partial charge in [-0.1, -0.05) is 11.6 Å². The number of sulfone groups is 1. The zero-order valence-corrected chi connectivity index (χ0v) is 15.0. The van der Waals surface area contributed by atoms with E-state index in [-0.39, 0.29) is 17.5 Å². The predicted octanol–water partition coefficient (Wildman–Crippen LogP) is 1.72. The van der Waals surface area contributed by atoms with Gasteiger partial charge >= 0.3 is 0 Å². The largest absolute Gasteiger partial charge is 0.361 e. The Kier molecular flexibility index (Phi) is 5.01. The third-order valence-electron chi connectivity index (χ3n) is 4.21. The first-order valence-corrected chi connectivity index (χ1v) is 10.1. The van der Waals surface area contributed by atoms with Crippen molar-refractivity contribution in [1.82, 2.24) is 15.6 Å². The summed E-state index contributed by atoms with van der Waals surface area (Å²) in [5, 5.41) is 8.26. The van der Waals surface area contributed by atoms with Gasteiger partial charge in [-0.25, -0.2) is 8.42 Å². The average molecular weight is 369 g/mol. The molecule has 1 aliphatic rings. The quantitative estimate of drug-likeness (QED) is 0.566. The number of aromatic nitrogens is 1. The predicted molar refractivity (Wildman–Crippen MR) is 98.6 cm³/mol. The molecule has 1 aromatic carbocycles. The van der Waals surface area contributed by atoms with Gasteiger partial charge < -0.3 is 15.6 Å². The molecule has 2 aromatic rings. The summed E-state index contributed by atoms with van der Waals surface area (Å²) in [6.07, 6.45) is 3.43. The van der Waals surface area contributed by atoms with Gasteiger partial charge in [0, 0.05) is 41.8 Å². The molecule has 0 bridgehead atoms. The number of H-pyrrole nitrogens is 1. The second-order valence-electron chi connectivity index (χ2n) is 6.00. The Morgan fingerprint density at radius 3 is 3.00 bits per heavy atom. The van der Waals surface area contributed by atoms with Gasteiger partial charge in [-0.15, -0.1) is 0 Å². The van der Waals surface area contributed by atoms with Gasteiger partial charge in [0.25, 0.3) is 0 Å². The fourth-order valence-electron chi connectivity index (χ4n) is 2.97. The van der Waals surface area contributed by atoms with Crippen LogP contribution in [0.15, 0.2) is 29.4 Å². The fraction of sp³-hybridized carbons (Fsp3) is 0.438. The van der Waals surface area contributed by atoms with Crippen molar-refractivity contribution in [3.63, 3.8) is 0 Å². The summed E-state index contributed by atoms with van der Waals surface area (Å²) in [6, 6.07) is 5.73. The van der Waals surface area contributed by atoms with E-state index in [2.05, 4.69) is 20.6 Å². The Hall–Kier alpha value is -1.73. The molecule has 1 fully saturated rings. The molecule has 0 radical (unpaired) electrons. The molecule has 130 valence electrons. The Morgan fingerprint density at radius 2 is 2.29 bits per heavy atom. The average Bonchev–Trinajstić information content (AvgIpc) is 3.09. The number of aromatic amines is 1. The van der Waals surface area contributed by atoms with Gasteiger partial charge in [-0.2, -0.15) is 0 Å². The molecular formula is C16H21ClN4O2S. The van der Waals surface area contributed by atoms with Crippen LogP contribution in [0.2, 0.25) is 5.02 Å². The summed E-state index contributed by atoms with van der Waals surface area (Å²) in [7, 11) is -1.21. The molecule has 8 heteroatoms. The highest BCUT2D eigenvalue weighted by Crippen LogP contribution is 2.22. The standard InChI is InChI=1S/C16H21ClN4O2S/c1-18-16(21-13-5-7-24(22,23)10-13)19-6-4-11-9-20-15-3-2-12(17)8-14(11)15/h2-3,8-9,13,20H,4-7,10H2,1H3,(H2,18,19,21). The molecule has 0 spiro atoms. The maximum absolute atomic E-state index is 11.5. The zero-order chi connectivity index (χ0) is 17.2. The summed E-state index contributed by atoms with van der Waals surface area (Å²) < 4.78 is 23.0. The van der Waals surface area contributed by atoms with E-state index >= 15 is 0 Å². The SMILES string of the molecule is CN=C(NCCc1c[nH]c2ccc(Cl)cc12)NC1CCS(=O)(=O)C1. The lowest BCUT2D eigenvalue weighted by Gasteiger charge is -2.15. The lowest BCUT2D eigenvalue weighted by molar-refractivity contribution is 0.599. The summed E-state index contributed by atoms with van der Waals surface area (Å²) >= 11 is 6.06. The number of hydrogen-bond acceptors (Lipinski definition) is 3. The first kappa shape index (κ1) is 17.1. The Bertz CT molecular complexity index is 860. The Labute approximate surface area is 146 Å². The van der Waals surface area contributed by atoms with E-state index in [4.69, 9.17) is 11.6 Å². The minimum absolute atomic E-state index is 0.0619. The number of halogens is 1. The van der Waals surface area contributed by atoms with Crippen molar-refractivity contribution >= 4 is 38.3 Å². The summed E-state index contributed by atoms with van der Waals surface area (Å²) in [4.78, 5) is 7.40. The van der Waals surface area contributed by atoms with E-state index in [0.717, 1.165) is 22.3 Å². The molecule has 1 aliphatic heterocycles.